The molecular formula is C43H31NO. The molecule has 1 aromatic heterocycles. The van der Waals surface area contributed by atoms with Crippen LogP contribution in [0.5, 0.6) is 0 Å². The predicted molar refractivity (Wildman–Crippen MR) is 189 cm³/mol. The van der Waals surface area contributed by atoms with Crippen LogP contribution in [0.2, 0.25) is 0 Å². The lowest BCUT2D eigenvalue weighted by atomic mass is 9.79. The first-order valence-electron chi connectivity index (χ1n) is 15.6. The van der Waals surface area contributed by atoms with E-state index >= 15 is 0 Å². The Morgan fingerprint density at radius 2 is 1.09 bits per heavy atom. The van der Waals surface area contributed by atoms with Crippen molar-refractivity contribution in [2.24, 2.45) is 0 Å². The Balaban J connectivity index is 1.29. The van der Waals surface area contributed by atoms with Crippen LogP contribution in [0.3, 0.4) is 0 Å². The van der Waals surface area contributed by atoms with Gasteiger partial charge in [0.25, 0.3) is 0 Å². The average Bonchev–Trinajstić information content (AvgIpc) is 3.59. The van der Waals surface area contributed by atoms with E-state index in [1.807, 2.05) is 0 Å². The van der Waals surface area contributed by atoms with Gasteiger partial charge in [-0.15, -0.1) is 0 Å². The second-order valence-electron chi connectivity index (χ2n) is 12.5. The van der Waals surface area contributed by atoms with Crippen molar-refractivity contribution < 1.29 is 4.42 Å². The molecule has 0 N–H and O–H groups in total. The van der Waals surface area contributed by atoms with Crippen molar-refractivity contribution in [1.29, 1.82) is 0 Å². The molecule has 0 radical (unpaired) electrons. The Hall–Kier alpha value is -5.60. The summed E-state index contributed by atoms with van der Waals surface area (Å²) in [5, 5.41) is 4.81. The van der Waals surface area contributed by atoms with Gasteiger partial charge < -0.3 is 9.32 Å². The molecule has 1 aliphatic rings. The summed E-state index contributed by atoms with van der Waals surface area (Å²) in [5.74, 6) is 0. The molecule has 0 aliphatic heterocycles. The van der Waals surface area contributed by atoms with Gasteiger partial charge in [0.2, 0.25) is 0 Å². The van der Waals surface area contributed by atoms with Crippen molar-refractivity contribution in [3.63, 3.8) is 0 Å². The number of para-hydroxylation sites is 2. The molecule has 0 amide bonds. The first-order chi connectivity index (χ1) is 22.1. The largest absolute Gasteiger partial charge is 0.455 e. The summed E-state index contributed by atoms with van der Waals surface area (Å²) in [6, 6.07) is 54.4. The molecule has 45 heavy (non-hydrogen) atoms. The van der Waals surface area contributed by atoms with Gasteiger partial charge in [0.15, 0.2) is 0 Å². The lowest BCUT2D eigenvalue weighted by Gasteiger charge is -2.27. The second-order valence-corrected chi connectivity index (χ2v) is 12.5. The van der Waals surface area contributed by atoms with Crippen molar-refractivity contribution >= 4 is 49.8 Å². The van der Waals surface area contributed by atoms with Crippen LogP contribution in [0.1, 0.15) is 25.0 Å². The van der Waals surface area contributed by atoms with E-state index in [0.717, 1.165) is 33.6 Å². The Bertz CT molecular complexity index is 2380. The zero-order chi connectivity index (χ0) is 30.1. The minimum absolute atomic E-state index is 0.201. The third kappa shape index (κ3) is 3.82. The fourth-order valence-corrected chi connectivity index (χ4v) is 7.56. The molecule has 0 atom stereocenters. The van der Waals surface area contributed by atoms with Crippen LogP contribution in [-0.4, -0.2) is 0 Å². The highest BCUT2D eigenvalue weighted by Gasteiger charge is 2.40. The molecule has 9 rings (SSSR count). The zero-order valence-corrected chi connectivity index (χ0v) is 25.3. The van der Waals surface area contributed by atoms with Crippen LogP contribution in [-0.2, 0) is 5.41 Å². The summed E-state index contributed by atoms with van der Waals surface area (Å²) in [4.78, 5) is 2.37. The van der Waals surface area contributed by atoms with E-state index in [9.17, 15) is 0 Å². The van der Waals surface area contributed by atoms with Crippen molar-refractivity contribution in [1.82, 2.24) is 0 Å². The number of anilines is 3. The fraction of sp³-hybridized carbons (Fsp3) is 0.0698. The van der Waals surface area contributed by atoms with Crippen molar-refractivity contribution in [2.75, 3.05) is 4.90 Å². The van der Waals surface area contributed by atoms with Gasteiger partial charge in [-0.1, -0.05) is 123 Å². The minimum atomic E-state index is -0.201. The van der Waals surface area contributed by atoms with Gasteiger partial charge in [0.1, 0.15) is 11.2 Å². The van der Waals surface area contributed by atoms with E-state index in [4.69, 9.17) is 4.42 Å². The fourth-order valence-electron chi connectivity index (χ4n) is 7.56. The molecule has 0 fully saturated rings. The number of nitrogens with zero attached hydrogens (tertiary/aromatic N) is 1. The molecule has 2 heteroatoms. The molecule has 0 unspecified atom stereocenters. The van der Waals surface area contributed by atoms with E-state index in [1.165, 1.54) is 49.5 Å². The lowest BCUT2D eigenvalue weighted by Crippen LogP contribution is -2.16. The Morgan fingerprint density at radius 3 is 1.84 bits per heavy atom. The summed E-state index contributed by atoms with van der Waals surface area (Å²) in [6.07, 6.45) is 0. The van der Waals surface area contributed by atoms with Crippen LogP contribution in [0.25, 0.3) is 55.0 Å². The molecule has 2 nitrogen and oxygen atoms in total. The van der Waals surface area contributed by atoms with Gasteiger partial charge in [-0.25, -0.2) is 0 Å². The Labute approximate surface area is 262 Å². The Morgan fingerprint density at radius 1 is 0.511 bits per heavy atom. The monoisotopic (exact) mass is 577 g/mol. The Kier molecular flexibility index (Phi) is 5.58. The predicted octanol–water partition coefficient (Wildman–Crippen LogP) is 12.2. The van der Waals surface area contributed by atoms with E-state index in [0.29, 0.717) is 0 Å². The smallest absolute Gasteiger partial charge is 0.143 e. The number of fused-ring (bicyclic) bond motifs is 10. The summed E-state index contributed by atoms with van der Waals surface area (Å²) < 4.78 is 6.59. The van der Waals surface area contributed by atoms with Gasteiger partial charge in [-0.2, -0.15) is 0 Å². The van der Waals surface area contributed by atoms with E-state index in [1.54, 1.807) is 0 Å². The highest BCUT2D eigenvalue weighted by Crippen LogP contribution is 2.57. The summed E-state index contributed by atoms with van der Waals surface area (Å²) in [5.41, 5.74) is 12.8. The molecule has 0 bridgehead atoms. The molecular weight excluding hydrogens is 546 g/mol. The molecule has 8 aromatic rings. The van der Waals surface area contributed by atoms with Gasteiger partial charge in [0, 0.05) is 38.6 Å². The minimum Gasteiger partial charge on any atom is -0.455 e. The maximum Gasteiger partial charge on any atom is 0.143 e. The van der Waals surface area contributed by atoms with E-state index < -0.39 is 0 Å². The van der Waals surface area contributed by atoms with Crippen LogP contribution < -0.4 is 4.90 Å². The molecule has 0 saturated carbocycles. The molecule has 0 spiro atoms. The van der Waals surface area contributed by atoms with Gasteiger partial charge in [-0.3, -0.25) is 0 Å². The van der Waals surface area contributed by atoms with Crippen LogP contribution in [0.4, 0.5) is 17.1 Å². The van der Waals surface area contributed by atoms with Gasteiger partial charge >= 0.3 is 0 Å². The second kappa shape index (κ2) is 9.70. The average molecular weight is 578 g/mol. The van der Waals surface area contributed by atoms with Crippen molar-refractivity contribution in [2.45, 2.75) is 19.3 Å². The number of rotatable bonds is 4. The highest BCUT2D eigenvalue weighted by molar-refractivity contribution is 6.23. The van der Waals surface area contributed by atoms with Gasteiger partial charge in [-0.05, 0) is 81.2 Å². The summed E-state index contributed by atoms with van der Waals surface area (Å²) in [6.45, 7) is 4.73. The maximum absolute atomic E-state index is 6.59. The van der Waals surface area contributed by atoms with Crippen LogP contribution in [0.15, 0.2) is 156 Å². The molecule has 1 heterocycles. The molecule has 1 aliphatic carbocycles. The van der Waals surface area contributed by atoms with Crippen molar-refractivity contribution in [3.05, 3.63) is 163 Å². The third-order valence-corrected chi connectivity index (χ3v) is 9.61. The van der Waals surface area contributed by atoms with Crippen LogP contribution >= 0.6 is 0 Å². The standard InChI is InChI=1S/C43H31NO/c1-43(2)37-26-25-32(44(30-15-7-4-8-16-30)31-23-21-29(22-24-31)28-13-5-3-6-14-28)27-36(37)39-33-17-9-10-18-34(33)42-40(41(39)43)35-19-11-12-20-38(35)45-42/h3-27H,1-2H3. The van der Waals surface area contributed by atoms with E-state index in [-0.39, 0.29) is 5.41 Å². The van der Waals surface area contributed by atoms with Crippen molar-refractivity contribution in [3.8, 4) is 22.3 Å². The maximum atomic E-state index is 6.59. The third-order valence-electron chi connectivity index (χ3n) is 9.61. The van der Waals surface area contributed by atoms with E-state index in [2.05, 4.69) is 170 Å². The highest BCUT2D eigenvalue weighted by atomic mass is 16.3. The summed E-state index contributed by atoms with van der Waals surface area (Å²) in [7, 11) is 0. The quantitative estimate of drug-likeness (QED) is 0.207. The summed E-state index contributed by atoms with van der Waals surface area (Å²) >= 11 is 0. The first kappa shape index (κ1) is 25.9. The molecule has 214 valence electrons. The number of benzene rings is 7. The number of furan rings is 1. The molecule has 7 aromatic carbocycles. The molecule has 0 saturated heterocycles. The first-order valence-corrected chi connectivity index (χ1v) is 15.6. The SMILES string of the molecule is CC1(C)c2ccc(N(c3ccccc3)c3ccc(-c4ccccc4)cc3)cc2-c2c1c1c3ccccc3oc1c1ccccc21. The normalized spacial score (nSPS) is 13.3. The van der Waals surface area contributed by atoms with Crippen LogP contribution in [0, 0.1) is 0 Å². The number of hydrogen-bond acceptors (Lipinski definition) is 2. The lowest BCUT2D eigenvalue weighted by molar-refractivity contribution is 0.659. The zero-order valence-electron chi connectivity index (χ0n) is 25.3. The van der Waals surface area contributed by atoms with Gasteiger partial charge in [0.05, 0.1) is 0 Å². The number of hydrogen-bond donors (Lipinski definition) is 0. The topological polar surface area (TPSA) is 16.4 Å².